The van der Waals surface area contributed by atoms with Gasteiger partial charge in [-0.05, 0) is 79.1 Å². The first-order chi connectivity index (χ1) is 16.8. The average Bonchev–Trinajstić information content (AvgIpc) is 2.76. The second kappa shape index (κ2) is 9.24. The number of fused-ring (bicyclic) bond motifs is 1. The van der Waals surface area contributed by atoms with E-state index in [9.17, 15) is 14.7 Å². The van der Waals surface area contributed by atoms with E-state index in [0.717, 1.165) is 13.0 Å². The topological polar surface area (TPSA) is 117 Å². The zero-order valence-corrected chi connectivity index (χ0v) is 21.8. The first kappa shape index (κ1) is 25.7. The molecule has 1 fully saturated rings. The molecule has 2 N–H and O–H groups in total. The Morgan fingerprint density at radius 2 is 1.69 bits per heavy atom. The van der Waals surface area contributed by atoms with Crippen LogP contribution in [0.3, 0.4) is 0 Å². The maximum Gasteiger partial charge on any atom is 0.416 e. The molecular weight excluding hydrogens is 462 g/mol. The number of para-hydroxylation sites is 1. The fourth-order valence-electron chi connectivity index (χ4n) is 4.59. The molecule has 194 valence electrons. The lowest BCUT2D eigenvalue weighted by Gasteiger charge is -2.51. The fraction of sp³-hybridized carbons (Fsp3) is 0.538. The summed E-state index contributed by atoms with van der Waals surface area (Å²) in [4.78, 5) is 30.1. The summed E-state index contributed by atoms with van der Waals surface area (Å²) in [7, 11) is 0. The summed E-state index contributed by atoms with van der Waals surface area (Å²) < 4.78 is 11.5. The molecule has 36 heavy (non-hydrogen) atoms. The lowest BCUT2D eigenvalue weighted by Crippen LogP contribution is -2.68. The van der Waals surface area contributed by atoms with Crippen molar-refractivity contribution in [2.24, 2.45) is 0 Å². The van der Waals surface area contributed by atoms with Gasteiger partial charge in [0.25, 0.3) is 0 Å². The highest BCUT2D eigenvalue weighted by Gasteiger charge is 2.51. The number of aromatic hydroxyl groups is 1. The van der Waals surface area contributed by atoms with E-state index in [4.69, 9.17) is 9.47 Å². The van der Waals surface area contributed by atoms with Crippen molar-refractivity contribution in [2.45, 2.75) is 71.1 Å². The molecule has 0 saturated carbocycles. The van der Waals surface area contributed by atoms with Crippen molar-refractivity contribution in [3.05, 3.63) is 30.3 Å². The lowest BCUT2D eigenvalue weighted by molar-refractivity contribution is 0.0477. The van der Waals surface area contributed by atoms with Crippen LogP contribution in [0.5, 0.6) is 5.75 Å². The quantitative estimate of drug-likeness (QED) is 0.593. The van der Waals surface area contributed by atoms with Crippen molar-refractivity contribution in [3.63, 3.8) is 0 Å². The van der Waals surface area contributed by atoms with Gasteiger partial charge in [-0.15, -0.1) is 10.2 Å². The molecule has 3 heterocycles. The van der Waals surface area contributed by atoms with E-state index in [1.807, 2.05) is 20.8 Å². The predicted octanol–water partition coefficient (Wildman–Crippen LogP) is 4.47. The molecule has 1 aromatic carbocycles. The number of piperidine rings is 1. The van der Waals surface area contributed by atoms with E-state index in [1.54, 1.807) is 56.0 Å². The number of nitrogens with one attached hydrogen (secondary N) is 1. The summed E-state index contributed by atoms with van der Waals surface area (Å²) in [6.07, 6.45) is 0.350. The molecule has 4 rings (SSSR count). The maximum absolute atomic E-state index is 13.7. The van der Waals surface area contributed by atoms with Crippen molar-refractivity contribution in [2.75, 3.05) is 29.4 Å². The van der Waals surface area contributed by atoms with Crippen molar-refractivity contribution >= 4 is 23.7 Å². The van der Waals surface area contributed by atoms with Crippen molar-refractivity contribution < 1.29 is 24.2 Å². The number of nitrogens with zero attached hydrogens (tertiary/aromatic N) is 4. The molecule has 2 aliphatic heterocycles. The molecule has 0 radical (unpaired) electrons. The summed E-state index contributed by atoms with van der Waals surface area (Å²) in [6, 6.07) is 8.44. The Hall–Kier alpha value is -3.40. The molecule has 1 atom stereocenters. The number of hydrogen-bond donors (Lipinski definition) is 2. The van der Waals surface area contributed by atoms with Gasteiger partial charge in [-0.2, -0.15) is 0 Å². The minimum Gasteiger partial charge on any atom is -0.507 e. The van der Waals surface area contributed by atoms with Crippen LogP contribution in [0.4, 0.5) is 21.1 Å². The number of phenols is 1. The Labute approximate surface area is 211 Å². The predicted molar refractivity (Wildman–Crippen MR) is 136 cm³/mol. The van der Waals surface area contributed by atoms with E-state index in [1.165, 1.54) is 4.90 Å². The van der Waals surface area contributed by atoms with Crippen LogP contribution in [0, 0.1) is 0 Å². The minimum atomic E-state index is -0.788. The highest BCUT2D eigenvalue weighted by molar-refractivity contribution is 6.01. The van der Waals surface area contributed by atoms with Gasteiger partial charge in [-0.25, -0.2) is 9.59 Å². The van der Waals surface area contributed by atoms with Crippen LogP contribution in [0.2, 0.25) is 0 Å². The number of amides is 2. The zero-order valence-electron chi connectivity index (χ0n) is 21.8. The van der Waals surface area contributed by atoms with Gasteiger partial charge in [0.1, 0.15) is 17.0 Å². The smallest absolute Gasteiger partial charge is 0.416 e. The third-order valence-corrected chi connectivity index (χ3v) is 6.00. The van der Waals surface area contributed by atoms with Gasteiger partial charge in [0, 0.05) is 12.1 Å². The van der Waals surface area contributed by atoms with E-state index < -0.39 is 28.9 Å². The van der Waals surface area contributed by atoms with Crippen LogP contribution in [0.1, 0.15) is 54.4 Å². The average molecular weight is 498 g/mol. The van der Waals surface area contributed by atoms with Gasteiger partial charge in [0.2, 0.25) is 0 Å². The third-order valence-electron chi connectivity index (χ3n) is 6.00. The Morgan fingerprint density at radius 1 is 1.03 bits per heavy atom. The number of phenolic OH excluding ortho intramolecular Hbond substituents is 1. The number of anilines is 2. The third kappa shape index (κ3) is 5.23. The van der Waals surface area contributed by atoms with Gasteiger partial charge in [0.05, 0.1) is 23.5 Å². The van der Waals surface area contributed by atoms with Crippen molar-refractivity contribution in [1.82, 2.24) is 15.5 Å². The highest BCUT2D eigenvalue weighted by atomic mass is 16.6. The Bertz CT molecular complexity index is 1150. The second-order valence-electron chi connectivity index (χ2n) is 11.3. The lowest BCUT2D eigenvalue weighted by atomic mass is 9.85. The molecule has 1 saturated heterocycles. The first-order valence-electron chi connectivity index (χ1n) is 12.2. The molecule has 0 aliphatic carbocycles. The molecule has 10 nitrogen and oxygen atoms in total. The van der Waals surface area contributed by atoms with Gasteiger partial charge < -0.3 is 19.9 Å². The summed E-state index contributed by atoms with van der Waals surface area (Å²) in [5, 5.41) is 22.5. The van der Waals surface area contributed by atoms with E-state index in [-0.39, 0.29) is 18.1 Å². The molecule has 2 amide bonds. The summed E-state index contributed by atoms with van der Waals surface area (Å²) in [5.74, 6) is 0.231. The number of hydrogen-bond acceptors (Lipinski definition) is 8. The van der Waals surface area contributed by atoms with Crippen LogP contribution in [-0.4, -0.2) is 63.9 Å². The number of ether oxygens (including phenoxy) is 2. The Balaban J connectivity index is 1.91. The number of carbonyl (C=O) groups is 2. The molecule has 1 spiro atoms. The normalized spacial score (nSPS) is 20.2. The fourth-order valence-corrected chi connectivity index (χ4v) is 4.59. The number of benzene rings is 1. The first-order valence-corrected chi connectivity index (χ1v) is 12.2. The van der Waals surface area contributed by atoms with E-state index in [2.05, 4.69) is 15.5 Å². The van der Waals surface area contributed by atoms with Gasteiger partial charge in [0.15, 0.2) is 5.82 Å². The molecule has 2 aromatic rings. The molecular formula is C26H35N5O5. The second-order valence-corrected chi connectivity index (χ2v) is 11.3. The SMILES string of the molecule is CC(C)(C)OC(=O)N1CC2(CCCNC2)N(C(=O)OC(C)(C)C)c2cc(-c3ccccc3O)nnc21. The van der Waals surface area contributed by atoms with Gasteiger partial charge in [-0.3, -0.25) is 9.80 Å². The maximum atomic E-state index is 13.7. The summed E-state index contributed by atoms with van der Waals surface area (Å²) in [5.41, 5.74) is -1.04. The largest absolute Gasteiger partial charge is 0.507 e. The molecule has 1 aromatic heterocycles. The molecule has 2 aliphatic rings. The highest BCUT2D eigenvalue weighted by Crippen LogP contribution is 2.44. The van der Waals surface area contributed by atoms with Crippen LogP contribution in [0.15, 0.2) is 30.3 Å². The van der Waals surface area contributed by atoms with Crippen LogP contribution < -0.4 is 15.1 Å². The number of rotatable bonds is 1. The van der Waals surface area contributed by atoms with Gasteiger partial charge >= 0.3 is 12.2 Å². The standard InChI is InChI=1S/C26H35N5O5/c1-24(2,3)35-22(33)30-16-26(12-9-13-27-15-26)31(23(34)36-25(4,5)6)19-14-18(28-29-21(19)30)17-10-7-8-11-20(17)32/h7-8,10-11,14,27,32H,9,12-13,15-16H2,1-6H3. The summed E-state index contributed by atoms with van der Waals surface area (Å²) in [6.45, 7) is 12.3. The van der Waals surface area contributed by atoms with E-state index >= 15 is 0 Å². The van der Waals surface area contributed by atoms with Crippen molar-refractivity contribution in [1.29, 1.82) is 0 Å². The van der Waals surface area contributed by atoms with E-state index in [0.29, 0.717) is 29.9 Å². The molecule has 10 heteroatoms. The monoisotopic (exact) mass is 497 g/mol. The van der Waals surface area contributed by atoms with Crippen LogP contribution in [-0.2, 0) is 9.47 Å². The summed E-state index contributed by atoms with van der Waals surface area (Å²) >= 11 is 0. The zero-order chi connectivity index (χ0) is 26.3. The minimum absolute atomic E-state index is 0.0319. The van der Waals surface area contributed by atoms with Gasteiger partial charge in [-0.1, -0.05) is 12.1 Å². The molecule has 1 unspecified atom stereocenters. The van der Waals surface area contributed by atoms with Crippen molar-refractivity contribution in [3.8, 4) is 17.0 Å². The Kier molecular flexibility index (Phi) is 6.59. The van der Waals surface area contributed by atoms with Crippen LogP contribution >= 0.6 is 0 Å². The van der Waals surface area contributed by atoms with Crippen LogP contribution in [0.25, 0.3) is 11.3 Å². The molecule has 0 bridgehead atoms. The number of carbonyl (C=O) groups excluding carboxylic acids is 2. The Morgan fingerprint density at radius 3 is 2.31 bits per heavy atom. The number of aromatic nitrogens is 2.